The third-order valence-corrected chi connectivity index (χ3v) is 3.08. The Labute approximate surface area is 115 Å². The number of nitrogens with one attached hydrogen (secondary N) is 2. The lowest BCUT2D eigenvalue weighted by atomic mass is 10.0. The van der Waals surface area contributed by atoms with Crippen LogP contribution in [0.15, 0.2) is 53.1 Å². The molecular formula is C15H14N4O. The molecule has 0 fully saturated rings. The first-order valence-electron chi connectivity index (χ1n) is 6.25. The van der Waals surface area contributed by atoms with Crippen molar-refractivity contribution in [3.63, 3.8) is 0 Å². The smallest absolute Gasteiger partial charge is 0.186 e. The summed E-state index contributed by atoms with van der Waals surface area (Å²) in [6, 6.07) is 16.1. The van der Waals surface area contributed by atoms with Gasteiger partial charge in [-0.05, 0) is 10.8 Å². The van der Waals surface area contributed by atoms with Crippen LogP contribution in [-0.2, 0) is 6.54 Å². The van der Waals surface area contributed by atoms with E-state index >= 15 is 0 Å². The van der Waals surface area contributed by atoms with E-state index in [0.29, 0.717) is 12.3 Å². The highest BCUT2D eigenvalue weighted by atomic mass is 16.5. The van der Waals surface area contributed by atoms with Gasteiger partial charge in [-0.3, -0.25) is 5.41 Å². The van der Waals surface area contributed by atoms with Crippen molar-refractivity contribution in [1.29, 1.82) is 5.41 Å². The summed E-state index contributed by atoms with van der Waals surface area (Å²) in [5.74, 6) is 0.552. The average molecular weight is 266 g/mol. The molecule has 0 spiro atoms. The topological polar surface area (TPSA) is 87.9 Å². The first-order chi connectivity index (χ1) is 9.74. The molecule has 1 aromatic heterocycles. The van der Waals surface area contributed by atoms with Crippen LogP contribution in [0, 0.1) is 5.41 Å². The molecule has 3 aromatic rings. The zero-order chi connectivity index (χ0) is 13.9. The van der Waals surface area contributed by atoms with E-state index in [9.17, 15) is 0 Å². The van der Waals surface area contributed by atoms with Crippen LogP contribution in [-0.4, -0.2) is 11.1 Å². The van der Waals surface area contributed by atoms with Gasteiger partial charge in [0.2, 0.25) is 0 Å². The maximum atomic E-state index is 7.13. The molecule has 2 aromatic carbocycles. The second kappa shape index (κ2) is 5.05. The number of hydrogen-bond acceptors (Lipinski definition) is 3. The summed E-state index contributed by atoms with van der Waals surface area (Å²) in [4.78, 5) is 0. The maximum Gasteiger partial charge on any atom is 0.186 e. The summed E-state index contributed by atoms with van der Waals surface area (Å²) in [7, 11) is 0. The van der Waals surface area contributed by atoms with E-state index in [-0.39, 0.29) is 5.96 Å². The lowest BCUT2D eigenvalue weighted by Gasteiger charge is -2.02. The maximum absolute atomic E-state index is 7.13. The molecule has 0 radical (unpaired) electrons. The van der Waals surface area contributed by atoms with E-state index in [1.165, 1.54) is 0 Å². The van der Waals surface area contributed by atoms with Gasteiger partial charge in [0.05, 0.1) is 6.54 Å². The first-order valence-corrected chi connectivity index (χ1v) is 6.25. The van der Waals surface area contributed by atoms with Crippen LogP contribution in [0.3, 0.4) is 0 Å². The molecule has 100 valence electrons. The van der Waals surface area contributed by atoms with Gasteiger partial charge in [0.1, 0.15) is 5.69 Å². The summed E-state index contributed by atoms with van der Waals surface area (Å²) in [6.45, 7) is 0.354. The molecular weight excluding hydrogens is 252 g/mol. The normalized spacial score (nSPS) is 10.6. The minimum atomic E-state index is -0.0897. The van der Waals surface area contributed by atoms with Gasteiger partial charge >= 0.3 is 0 Å². The molecule has 0 bridgehead atoms. The molecule has 3 rings (SSSR count). The third kappa shape index (κ3) is 2.33. The van der Waals surface area contributed by atoms with Crippen molar-refractivity contribution >= 4 is 16.7 Å². The fourth-order valence-corrected chi connectivity index (χ4v) is 2.15. The van der Waals surface area contributed by atoms with Gasteiger partial charge < -0.3 is 15.6 Å². The summed E-state index contributed by atoms with van der Waals surface area (Å²) >= 11 is 0. The monoisotopic (exact) mass is 266 g/mol. The molecule has 0 aliphatic rings. The fourth-order valence-electron chi connectivity index (χ4n) is 2.15. The minimum absolute atomic E-state index is 0.0897. The summed E-state index contributed by atoms with van der Waals surface area (Å²) in [5.41, 5.74) is 7.05. The second-order valence-corrected chi connectivity index (χ2v) is 4.47. The highest BCUT2D eigenvalue weighted by Gasteiger charge is 2.09. The van der Waals surface area contributed by atoms with E-state index in [1.807, 2.05) is 30.3 Å². The predicted octanol–water partition coefficient (Wildman–Crippen LogP) is 2.48. The predicted molar refractivity (Wildman–Crippen MR) is 78.2 cm³/mol. The molecule has 5 nitrogen and oxygen atoms in total. The van der Waals surface area contributed by atoms with Gasteiger partial charge in [-0.1, -0.05) is 47.6 Å². The van der Waals surface area contributed by atoms with Crippen LogP contribution >= 0.6 is 0 Å². The number of fused-ring (bicyclic) bond motifs is 1. The molecule has 4 N–H and O–H groups in total. The van der Waals surface area contributed by atoms with E-state index in [1.54, 1.807) is 0 Å². The van der Waals surface area contributed by atoms with Crippen LogP contribution < -0.4 is 11.1 Å². The van der Waals surface area contributed by atoms with Gasteiger partial charge in [-0.2, -0.15) is 0 Å². The molecule has 1 heterocycles. The zero-order valence-electron chi connectivity index (χ0n) is 10.8. The van der Waals surface area contributed by atoms with Crippen molar-refractivity contribution in [2.75, 3.05) is 0 Å². The molecule has 5 heteroatoms. The van der Waals surface area contributed by atoms with Gasteiger partial charge in [0.25, 0.3) is 0 Å². The minimum Gasteiger partial charge on any atom is -0.370 e. The van der Waals surface area contributed by atoms with Crippen molar-refractivity contribution in [2.45, 2.75) is 6.54 Å². The summed E-state index contributed by atoms with van der Waals surface area (Å²) in [6.07, 6.45) is 0. The Balaban J connectivity index is 1.97. The second-order valence-electron chi connectivity index (χ2n) is 4.47. The van der Waals surface area contributed by atoms with Crippen molar-refractivity contribution in [2.24, 2.45) is 5.73 Å². The van der Waals surface area contributed by atoms with E-state index < -0.39 is 0 Å². The summed E-state index contributed by atoms with van der Waals surface area (Å²) < 4.78 is 5.25. The molecule has 20 heavy (non-hydrogen) atoms. The average Bonchev–Trinajstić information content (AvgIpc) is 2.93. The number of nitrogens with two attached hydrogens (primary N) is 1. The SMILES string of the molecule is N=C(N)NCc1cc(-c2cccc3ccccc23)no1. The van der Waals surface area contributed by atoms with Crippen LogP contribution in [0.4, 0.5) is 0 Å². The molecule has 0 atom stereocenters. The third-order valence-electron chi connectivity index (χ3n) is 3.08. The Morgan fingerprint density at radius 2 is 2.00 bits per heavy atom. The van der Waals surface area contributed by atoms with Gasteiger partial charge in [-0.25, -0.2) is 0 Å². The van der Waals surface area contributed by atoms with Crippen molar-refractivity contribution in [1.82, 2.24) is 10.5 Å². The highest BCUT2D eigenvalue weighted by Crippen LogP contribution is 2.28. The summed E-state index contributed by atoms with van der Waals surface area (Å²) in [5, 5.41) is 16.2. The van der Waals surface area contributed by atoms with Gasteiger partial charge in [0.15, 0.2) is 11.7 Å². The fraction of sp³-hybridized carbons (Fsp3) is 0.0667. The number of hydrogen-bond donors (Lipinski definition) is 3. The van der Waals surface area contributed by atoms with Crippen LogP contribution in [0.5, 0.6) is 0 Å². The number of aromatic nitrogens is 1. The molecule has 0 aliphatic heterocycles. The van der Waals surface area contributed by atoms with Crippen molar-refractivity contribution in [3.05, 3.63) is 54.3 Å². The van der Waals surface area contributed by atoms with Crippen LogP contribution in [0.2, 0.25) is 0 Å². The Kier molecular flexibility index (Phi) is 3.09. The molecule has 0 amide bonds. The van der Waals surface area contributed by atoms with Crippen molar-refractivity contribution in [3.8, 4) is 11.3 Å². The molecule has 0 saturated carbocycles. The Bertz CT molecular complexity index is 758. The number of benzene rings is 2. The van der Waals surface area contributed by atoms with Crippen LogP contribution in [0.1, 0.15) is 5.76 Å². The van der Waals surface area contributed by atoms with E-state index in [4.69, 9.17) is 15.7 Å². The molecule has 0 aliphatic carbocycles. The lowest BCUT2D eigenvalue weighted by molar-refractivity contribution is 0.382. The number of nitrogens with zero attached hydrogens (tertiary/aromatic N) is 1. The Morgan fingerprint density at radius 3 is 2.85 bits per heavy atom. The lowest BCUT2D eigenvalue weighted by Crippen LogP contribution is -2.29. The van der Waals surface area contributed by atoms with Crippen molar-refractivity contribution < 1.29 is 4.52 Å². The Morgan fingerprint density at radius 1 is 1.20 bits per heavy atom. The Hall–Kier alpha value is -2.82. The standard InChI is InChI=1S/C15H14N4O/c16-15(17)18-9-11-8-14(19-20-11)13-7-3-5-10-4-1-2-6-12(10)13/h1-8H,9H2,(H4,16,17,18). The van der Waals surface area contributed by atoms with Gasteiger partial charge in [0, 0.05) is 11.6 Å². The quantitative estimate of drug-likeness (QED) is 0.502. The molecule has 0 saturated heterocycles. The van der Waals surface area contributed by atoms with Gasteiger partial charge in [-0.15, -0.1) is 0 Å². The van der Waals surface area contributed by atoms with E-state index in [2.05, 4.69) is 28.7 Å². The largest absolute Gasteiger partial charge is 0.370 e. The molecule has 0 unspecified atom stereocenters. The number of guanidine groups is 1. The first kappa shape index (κ1) is 12.2. The highest BCUT2D eigenvalue weighted by molar-refractivity contribution is 5.95. The van der Waals surface area contributed by atoms with Crippen LogP contribution in [0.25, 0.3) is 22.0 Å². The zero-order valence-corrected chi connectivity index (χ0v) is 10.8. The van der Waals surface area contributed by atoms with E-state index in [0.717, 1.165) is 22.0 Å². The number of rotatable bonds is 3.